The molecule has 0 aliphatic carbocycles. The Kier molecular flexibility index (Phi) is 3.75. The van der Waals surface area contributed by atoms with Gasteiger partial charge in [-0.3, -0.25) is 9.36 Å². The van der Waals surface area contributed by atoms with E-state index in [1.54, 1.807) is 12.1 Å². The van der Waals surface area contributed by atoms with E-state index < -0.39 is 11.4 Å². The minimum absolute atomic E-state index is 0.0617. The number of halogens is 2. The van der Waals surface area contributed by atoms with Crippen LogP contribution in [-0.2, 0) is 6.42 Å². The maximum Gasteiger partial charge on any atom is 0.266 e. The van der Waals surface area contributed by atoms with Crippen LogP contribution >= 0.6 is 0 Å². The van der Waals surface area contributed by atoms with E-state index in [1.807, 2.05) is 13.0 Å². The van der Waals surface area contributed by atoms with Crippen LogP contribution in [0.1, 0.15) is 19.0 Å². The fraction of sp³-hybridized carbons (Fsp3) is 0.167. The molecule has 0 atom stereocenters. The van der Waals surface area contributed by atoms with Crippen molar-refractivity contribution in [2.75, 3.05) is 0 Å². The average Bonchev–Trinajstić information content (AvgIpc) is 2.49. The van der Waals surface area contributed by atoms with Gasteiger partial charge >= 0.3 is 0 Å². The van der Waals surface area contributed by atoms with Gasteiger partial charge in [-0.25, -0.2) is 8.78 Å². The quantitative estimate of drug-likeness (QED) is 0.709. The number of pyridine rings is 1. The second-order valence-electron chi connectivity index (χ2n) is 5.21. The van der Waals surface area contributed by atoms with Crippen LogP contribution in [0.2, 0.25) is 0 Å². The van der Waals surface area contributed by atoms with E-state index >= 15 is 0 Å². The highest BCUT2D eigenvalue weighted by atomic mass is 19.1. The lowest BCUT2D eigenvalue weighted by molar-refractivity contribution is 0.626. The molecule has 3 aromatic rings. The standard InChI is InChI=1S/C18H15F2NO/c1-2-4-15-11-12-5-3-6-16(20)17(12)18(22)21(15)14-9-7-13(19)8-10-14/h3,5-11H,2,4H2,1H3. The van der Waals surface area contributed by atoms with Gasteiger partial charge in [-0.15, -0.1) is 0 Å². The van der Waals surface area contributed by atoms with E-state index in [4.69, 9.17) is 0 Å². The molecule has 2 nitrogen and oxygen atoms in total. The second-order valence-corrected chi connectivity index (χ2v) is 5.21. The highest BCUT2D eigenvalue weighted by Crippen LogP contribution is 2.19. The molecule has 0 saturated heterocycles. The first-order chi connectivity index (χ1) is 10.6. The molecule has 0 fully saturated rings. The number of aromatic nitrogens is 1. The normalized spacial score (nSPS) is 11.0. The van der Waals surface area contributed by atoms with Crippen LogP contribution in [-0.4, -0.2) is 4.57 Å². The SMILES string of the molecule is CCCc1cc2cccc(F)c2c(=O)n1-c1ccc(F)cc1. The monoisotopic (exact) mass is 299 g/mol. The zero-order valence-electron chi connectivity index (χ0n) is 12.1. The Morgan fingerprint density at radius 1 is 1.05 bits per heavy atom. The Morgan fingerprint density at radius 3 is 2.45 bits per heavy atom. The predicted octanol–water partition coefficient (Wildman–Crippen LogP) is 4.22. The van der Waals surface area contributed by atoms with Crippen LogP contribution < -0.4 is 5.56 Å². The fourth-order valence-electron chi connectivity index (χ4n) is 2.69. The van der Waals surface area contributed by atoms with Crippen LogP contribution in [0.25, 0.3) is 16.5 Å². The molecule has 112 valence electrons. The lowest BCUT2D eigenvalue weighted by Gasteiger charge is -2.14. The number of benzene rings is 2. The van der Waals surface area contributed by atoms with Gasteiger partial charge in [-0.2, -0.15) is 0 Å². The summed E-state index contributed by atoms with van der Waals surface area (Å²) in [5.41, 5.74) is 0.919. The smallest absolute Gasteiger partial charge is 0.266 e. The molecule has 3 rings (SSSR count). The number of rotatable bonds is 3. The summed E-state index contributed by atoms with van der Waals surface area (Å²) in [4.78, 5) is 12.8. The third-order valence-corrected chi connectivity index (χ3v) is 3.66. The molecule has 1 aromatic heterocycles. The number of nitrogens with zero attached hydrogens (tertiary/aromatic N) is 1. The Bertz CT molecular complexity index is 882. The summed E-state index contributed by atoms with van der Waals surface area (Å²) in [6.07, 6.45) is 1.53. The van der Waals surface area contributed by atoms with Gasteiger partial charge in [0, 0.05) is 11.4 Å². The molecule has 2 aromatic carbocycles. The van der Waals surface area contributed by atoms with Crippen molar-refractivity contribution in [1.29, 1.82) is 0 Å². The molecule has 4 heteroatoms. The molecule has 22 heavy (non-hydrogen) atoms. The van der Waals surface area contributed by atoms with Gasteiger partial charge < -0.3 is 0 Å². The Labute approximate surface area is 126 Å². The summed E-state index contributed by atoms with van der Waals surface area (Å²) in [6.45, 7) is 2.01. The third kappa shape index (κ3) is 2.41. The summed E-state index contributed by atoms with van der Waals surface area (Å²) in [5.74, 6) is -0.915. The Balaban J connectivity index is 2.38. The molecule has 0 bridgehead atoms. The van der Waals surface area contributed by atoms with Crippen LogP contribution in [0.5, 0.6) is 0 Å². The molecule has 0 amide bonds. The predicted molar refractivity (Wildman–Crippen MR) is 83.5 cm³/mol. The van der Waals surface area contributed by atoms with Gasteiger partial charge in [0.25, 0.3) is 5.56 Å². The topological polar surface area (TPSA) is 22.0 Å². The first-order valence-electron chi connectivity index (χ1n) is 7.21. The molecule has 0 unspecified atom stereocenters. The van der Waals surface area contributed by atoms with Crippen LogP contribution in [0.15, 0.2) is 53.3 Å². The van der Waals surface area contributed by atoms with E-state index in [9.17, 15) is 13.6 Å². The highest BCUT2D eigenvalue weighted by molar-refractivity contribution is 5.83. The van der Waals surface area contributed by atoms with Crippen molar-refractivity contribution < 1.29 is 8.78 Å². The van der Waals surface area contributed by atoms with E-state index in [2.05, 4.69) is 0 Å². The molecular weight excluding hydrogens is 284 g/mol. The molecule has 0 aliphatic heterocycles. The van der Waals surface area contributed by atoms with Crippen LogP contribution in [0.4, 0.5) is 8.78 Å². The van der Waals surface area contributed by atoms with Gasteiger partial charge in [0.15, 0.2) is 0 Å². The largest absolute Gasteiger partial charge is 0.281 e. The number of fused-ring (bicyclic) bond motifs is 1. The maximum absolute atomic E-state index is 14.1. The van der Waals surface area contributed by atoms with E-state index in [1.165, 1.54) is 34.9 Å². The summed E-state index contributed by atoms with van der Waals surface area (Å²) < 4.78 is 28.6. The van der Waals surface area contributed by atoms with Crippen molar-refractivity contribution in [2.45, 2.75) is 19.8 Å². The minimum Gasteiger partial charge on any atom is -0.281 e. The molecular formula is C18H15F2NO. The Hall–Kier alpha value is -2.49. The Morgan fingerprint density at radius 2 is 1.77 bits per heavy atom. The molecule has 0 spiro atoms. The molecule has 0 saturated carbocycles. The number of aryl methyl sites for hydroxylation is 1. The molecule has 0 N–H and O–H groups in total. The zero-order chi connectivity index (χ0) is 15.7. The molecule has 0 aliphatic rings. The van der Waals surface area contributed by atoms with Gasteiger partial charge in [0.2, 0.25) is 0 Å². The van der Waals surface area contributed by atoms with Crippen molar-refractivity contribution in [2.24, 2.45) is 0 Å². The van der Waals surface area contributed by atoms with Crippen molar-refractivity contribution in [3.63, 3.8) is 0 Å². The highest BCUT2D eigenvalue weighted by Gasteiger charge is 2.13. The van der Waals surface area contributed by atoms with Gasteiger partial charge in [-0.1, -0.05) is 25.5 Å². The van der Waals surface area contributed by atoms with E-state index in [-0.39, 0.29) is 11.2 Å². The summed E-state index contributed by atoms with van der Waals surface area (Å²) in [5, 5.41) is 0.651. The van der Waals surface area contributed by atoms with Gasteiger partial charge in [0.05, 0.1) is 5.39 Å². The molecule has 0 radical (unpaired) electrons. The van der Waals surface area contributed by atoms with Crippen LogP contribution in [0.3, 0.4) is 0 Å². The van der Waals surface area contributed by atoms with Crippen molar-refractivity contribution >= 4 is 10.8 Å². The summed E-state index contributed by atoms with van der Waals surface area (Å²) >= 11 is 0. The fourth-order valence-corrected chi connectivity index (χ4v) is 2.69. The second kappa shape index (κ2) is 5.72. The minimum atomic E-state index is -0.540. The lowest BCUT2D eigenvalue weighted by atomic mass is 10.1. The van der Waals surface area contributed by atoms with Crippen molar-refractivity contribution in [3.8, 4) is 5.69 Å². The van der Waals surface area contributed by atoms with Gasteiger partial charge in [0.1, 0.15) is 11.6 Å². The van der Waals surface area contributed by atoms with Gasteiger partial charge in [-0.05, 0) is 48.2 Å². The first kappa shape index (κ1) is 14.4. The lowest BCUT2D eigenvalue weighted by Crippen LogP contribution is -2.23. The summed E-state index contributed by atoms with van der Waals surface area (Å²) in [7, 11) is 0. The zero-order valence-corrected chi connectivity index (χ0v) is 12.1. The van der Waals surface area contributed by atoms with Crippen LogP contribution in [0, 0.1) is 11.6 Å². The van der Waals surface area contributed by atoms with E-state index in [0.717, 1.165) is 12.1 Å². The van der Waals surface area contributed by atoms with Crippen molar-refractivity contribution in [1.82, 2.24) is 4.57 Å². The van der Waals surface area contributed by atoms with Crippen molar-refractivity contribution in [3.05, 3.63) is 76.2 Å². The summed E-state index contributed by atoms with van der Waals surface area (Å²) in [6, 6.07) is 12.1. The number of hydrogen-bond donors (Lipinski definition) is 0. The maximum atomic E-state index is 14.1. The number of hydrogen-bond acceptors (Lipinski definition) is 1. The first-order valence-corrected chi connectivity index (χ1v) is 7.21. The molecule has 1 heterocycles. The third-order valence-electron chi connectivity index (χ3n) is 3.66. The van der Waals surface area contributed by atoms with E-state index in [0.29, 0.717) is 17.5 Å². The average molecular weight is 299 g/mol.